The molecular weight excluding hydrogens is 566 g/mol. The number of amides is 2. The molecule has 3 aromatic rings. The summed E-state index contributed by atoms with van der Waals surface area (Å²) in [5.41, 5.74) is 3.39. The van der Waals surface area contributed by atoms with E-state index < -0.39 is 12.2 Å². The molecule has 0 unspecified atom stereocenters. The molecule has 2 bridgehead atoms. The fraction of sp³-hybridized carbons (Fsp3) is 0.424. The molecule has 1 aliphatic heterocycles. The zero-order valence-corrected chi connectivity index (χ0v) is 24.9. The molecule has 2 N–H and O–H groups in total. The monoisotopic (exact) mass is 607 g/mol. The Labute approximate surface area is 258 Å². The van der Waals surface area contributed by atoms with Crippen molar-refractivity contribution in [1.82, 2.24) is 15.6 Å². The molecule has 44 heavy (non-hydrogen) atoms. The number of rotatable bonds is 8. The predicted octanol–water partition coefficient (Wildman–Crippen LogP) is 2.56. The molecule has 1 aromatic heterocycles. The van der Waals surface area contributed by atoms with E-state index in [0.717, 1.165) is 11.1 Å². The lowest BCUT2D eigenvalue weighted by Crippen LogP contribution is -2.42. The van der Waals surface area contributed by atoms with Crippen molar-refractivity contribution in [2.75, 3.05) is 52.7 Å². The number of nitrogens with one attached hydrogen (secondary N) is 2. The topological polar surface area (TPSA) is 126 Å². The highest BCUT2D eigenvalue weighted by Gasteiger charge is 2.24. The molecule has 0 fully saturated rings. The molecule has 0 saturated heterocycles. The zero-order chi connectivity index (χ0) is 30.7. The molecule has 0 radical (unpaired) electrons. The maximum absolute atomic E-state index is 12.4. The van der Waals surface area contributed by atoms with Crippen LogP contribution in [0.15, 0.2) is 78.9 Å². The first kappa shape index (κ1) is 33.2. The highest BCUT2D eigenvalue weighted by Crippen LogP contribution is 2.11. The summed E-state index contributed by atoms with van der Waals surface area (Å²) < 4.78 is 35.5. The standard InChI is InChI=1S/C33H41N3O8/c37-32-24-41-20-28-12-7-13-29(36-28)21-42-25-33(38)35-15-17-44-31(23-40-19-27-10-5-2-6-11-27)30(43-16-14-34-32)22-39-18-26-8-3-1-4-9-26/h1-13,30-31H,14-25H2,(H,34,37)(H,35,38)/t30-,31-/m0/s1. The number of pyridine rings is 1. The van der Waals surface area contributed by atoms with Gasteiger partial charge in [0.15, 0.2) is 0 Å². The summed E-state index contributed by atoms with van der Waals surface area (Å²) in [5.74, 6) is -0.529. The van der Waals surface area contributed by atoms with Crippen LogP contribution in [-0.2, 0) is 64.4 Å². The number of hydrogen-bond donors (Lipinski definition) is 2. The number of ether oxygens (including phenoxy) is 6. The first-order valence-electron chi connectivity index (χ1n) is 14.8. The average molecular weight is 608 g/mol. The molecule has 1 aliphatic rings. The molecule has 0 saturated carbocycles. The molecule has 11 nitrogen and oxygen atoms in total. The average Bonchev–Trinajstić information content (AvgIpc) is 3.04. The Bertz CT molecular complexity index is 1160. The van der Waals surface area contributed by atoms with E-state index in [1.54, 1.807) is 12.1 Å². The molecule has 4 rings (SSSR count). The van der Waals surface area contributed by atoms with Gasteiger partial charge in [-0.15, -0.1) is 0 Å². The third-order valence-electron chi connectivity index (χ3n) is 6.54. The lowest BCUT2D eigenvalue weighted by Gasteiger charge is -2.28. The van der Waals surface area contributed by atoms with Crippen LogP contribution in [0.2, 0.25) is 0 Å². The molecule has 236 valence electrons. The van der Waals surface area contributed by atoms with Gasteiger partial charge in [0.1, 0.15) is 25.4 Å². The lowest BCUT2D eigenvalue weighted by molar-refractivity contribution is -0.135. The van der Waals surface area contributed by atoms with Crippen molar-refractivity contribution < 1.29 is 38.0 Å². The number of nitrogens with zero attached hydrogens (tertiary/aromatic N) is 1. The van der Waals surface area contributed by atoms with Crippen LogP contribution in [0.1, 0.15) is 22.5 Å². The quantitative estimate of drug-likeness (QED) is 0.397. The highest BCUT2D eigenvalue weighted by atomic mass is 16.6. The van der Waals surface area contributed by atoms with Gasteiger partial charge in [0.2, 0.25) is 11.8 Å². The Morgan fingerprint density at radius 1 is 0.614 bits per heavy atom. The Hall–Kier alpha value is -3.71. The number of carbonyl (C=O) groups excluding carboxylic acids is 2. The number of benzene rings is 2. The molecular formula is C33H41N3O8. The van der Waals surface area contributed by atoms with Crippen LogP contribution >= 0.6 is 0 Å². The van der Waals surface area contributed by atoms with Gasteiger partial charge < -0.3 is 39.1 Å². The van der Waals surface area contributed by atoms with Crippen molar-refractivity contribution >= 4 is 11.8 Å². The van der Waals surface area contributed by atoms with Crippen LogP contribution in [0, 0.1) is 0 Å². The second-order valence-electron chi connectivity index (χ2n) is 10.1. The summed E-state index contributed by atoms with van der Waals surface area (Å²) in [5, 5.41) is 5.63. The summed E-state index contributed by atoms with van der Waals surface area (Å²) in [7, 11) is 0. The Kier molecular flexibility index (Phi) is 14.7. The van der Waals surface area contributed by atoms with Crippen LogP contribution in [0.5, 0.6) is 0 Å². The van der Waals surface area contributed by atoms with E-state index in [1.165, 1.54) is 0 Å². The third kappa shape index (κ3) is 12.9. The minimum Gasteiger partial charge on any atom is -0.374 e. The minimum atomic E-state index is -0.506. The van der Waals surface area contributed by atoms with Gasteiger partial charge in [0, 0.05) is 13.1 Å². The van der Waals surface area contributed by atoms with Crippen molar-refractivity contribution in [3.8, 4) is 0 Å². The van der Waals surface area contributed by atoms with E-state index in [9.17, 15) is 9.59 Å². The Balaban J connectivity index is 1.39. The normalized spacial score (nSPS) is 19.7. The van der Waals surface area contributed by atoms with E-state index in [-0.39, 0.29) is 77.8 Å². The van der Waals surface area contributed by atoms with Crippen molar-refractivity contribution in [1.29, 1.82) is 0 Å². The summed E-state index contributed by atoms with van der Waals surface area (Å²) in [4.78, 5) is 29.2. The van der Waals surface area contributed by atoms with Crippen LogP contribution in [0.3, 0.4) is 0 Å². The molecule has 2 amide bonds. The Morgan fingerprint density at radius 3 is 1.52 bits per heavy atom. The van der Waals surface area contributed by atoms with E-state index >= 15 is 0 Å². The van der Waals surface area contributed by atoms with E-state index in [4.69, 9.17) is 28.4 Å². The maximum Gasteiger partial charge on any atom is 0.246 e. The molecule has 2 atom stereocenters. The van der Waals surface area contributed by atoms with Crippen molar-refractivity contribution in [3.05, 3.63) is 101 Å². The molecule has 0 aliphatic carbocycles. The van der Waals surface area contributed by atoms with Crippen LogP contribution in [0.4, 0.5) is 0 Å². The first-order chi connectivity index (χ1) is 21.7. The number of hydrogen-bond acceptors (Lipinski definition) is 9. The van der Waals surface area contributed by atoms with Gasteiger partial charge in [0.05, 0.1) is 64.2 Å². The van der Waals surface area contributed by atoms with E-state index in [0.29, 0.717) is 24.6 Å². The summed E-state index contributed by atoms with van der Waals surface area (Å²) in [6.45, 7) is 2.36. The summed E-state index contributed by atoms with van der Waals surface area (Å²) >= 11 is 0. The Morgan fingerprint density at radius 2 is 1.07 bits per heavy atom. The number of fused-ring (bicyclic) bond motifs is 2. The molecule has 0 spiro atoms. The minimum absolute atomic E-state index is 0.120. The van der Waals surface area contributed by atoms with Gasteiger partial charge in [-0.1, -0.05) is 66.7 Å². The van der Waals surface area contributed by atoms with Crippen molar-refractivity contribution in [3.63, 3.8) is 0 Å². The van der Waals surface area contributed by atoms with E-state index in [1.807, 2.05) is 66.7 Å². The smallest absolute Gasteiger partial charge is 0.246 e. The highest BCUT2D eigenvalue weighted by molar-refractivity contribution is 5.77. The first-order valence-corrected chi connectivity index (χ1v) is 14.8. The van der Waals surface area contributed by atoms with Crippen molar-refractivity contribution in [2.45, 2.75) is 38.6 Å². The van der Waals surface area contributed by atoms with Gasteiger partial charge in [-0.25, -0.2) is 0 Å². The van der Waals surface area contributed by atoms with Crippen LogP contribution in [0.25, 0.3) is 0 Å². The molecule has 11 heteroatoms. The van der Waals surface area contributed by atoms with Crippen LogP contribution < -0.4 is 10.6 Å². The van der Waals surface area contributed by atoms with Gasteiger partial charge >= 0.3 is 0 Å². The van der Waals surface area contributed by atoms with Gasteiger partial charge in [-0.3, -0.25) is 14.6 Å². The maximum atomic E-state index is 12.4. The van der Waals surface area contributed by atoms with Gasteiger partial charge in [0.25, 0.3) is 0 Å². The predicted molar refractivity (Wildman–Crippen MR) is 161 cm³/mol. The third-order valence-corrected chi connectivity index (χ3v) is 6.54. The fourth-order valence-electron chi connectivity index (χ4n) is 4.35. The number of carbonyl (C=O) groups is 2. The SMILES string of the molecule is O=C1COCc2cccc(n2)COCC(=O)NCCO[C@@H](COCc2ccccc2)[C@H](COCc2ccccc2)OCCN1. The number of aromatic nitrogens is 1. The fourth-order valence-corrected chi connectivity index (χ4v) is 4.35. The summed E-state index contributed by atoms with van der Waals surface area (Å²) in [6.07, 6.45) is -1.01. The largest absolute Gasteiger partial charge is 0.374 e. The van der Waals surface area contributed by atoms with Gasteiger partial charge in [-0.2, -0.15) is 0 Å². The zero-order valence-electron chi connectivity index (χ0n) is 24.9. The van der Waals surface area contributed by atoms with Gasteiger partial charge in [-0.05, 0) is 23.3 Å². The van der Waals surface area contributed by atoms with Crippen molar-refractivity contribution in [2.24, 2.45) is 0 Å². The summed E-state index contributed by atoms with van der Waals surface area (Å²) in [6, 6.07) is 25.1. The molecule has 2 aromatic carbocycles. The molecule has 2 heterocycles. The van der Waals surface area contributed by atoms with E-state index in [2.05, 4.69) is 15.6 Å². The second kappa shape index (κ2) is 19.5. The second-order valence-corrected chi connectivity index (χ2v) is 10.1. The lowest BCUT2D eigenvalue weighted by atomic mass is 10.2. The van der Waals surface area contributed by atoms with Crippen LogP contribution in [-0.4, -0.2) is 81.7 Å².